The average molecular weight is 501 g/mol. The van der Waals surface area contributed by atoms with Crippen LogP contribution in [0.3, 0.4) is 0 Å². The van der Waals surface area contributed by atoms with Crippen molar-refractivity contribution in [1.29, 1.82) is 0 Å². The Morgan fingerprint density at radius 2 is 1.53 bits per heavy atom. The monoisotopic (exact) mass is 500 g/mol. The molecule has 0 aliphatic rings. The van der Waals surface area contributed by atoms with Gasteiger partial charge in [0.15, 0.2) is 0 Å². The fourth-order valence-electron chi connectivity index (χ4n) is 3.22. The molecule has 0 heterocycles. The van der Waals surface area contributed by atoms with Crippen molar-refractivity contribution in [3.8, 4) is 5.75 Å². The van der Waals surface area contributed by atoms with Gasteiger partial charge < -0.3 is 4.74 Å². The van der Waals surface area contributed by atoms with Gasteiger partial charge in [-0.2, -0.15) is 0 Å². The lowest BCUT2D eigenvalue weighted by Crippen LogP contribution is -2.38. The molecule has 0 radical (unpaired) electrons. The minimum Gasteiger partial charge on any atom is -0.494 e. The third kappa shape index (κ3) is 9.94. The van der Waals surface area contributed by atoms with E-state index in [0.29, 0.717) is 36.0 Å². The summed E-state index contributed by atoms with van der Waals surface area (Å²) in [4.78, 5) is 35.6. The maximum atomic E-state index is 12.6. The molecule has 0 saturated carbocycles. The molecule has 0 unspecified atom stereocenters. The largest absolute Gasteiger partial charge is 0.494 e. The van der Waals surface area contributed by atoms with Crippen molar-refractivity contribution >= 4 is 11.8 Å². The molecule has 0 bridgehead atoms. The van der Waals surface area contributed by atoms with Crippen molar-refractivity contribution in [2.75, 3.05) is 13.2 Å². The number of hydrazine groups is 2. The summed E-state index contributed by atoms with van der Waals surface area (Å²) < 4.78 is 5.80. The van der Waals surface area contributed by atoms with Crippen LogP contribution in [0.5, 0.6) is 5.75 Å². The first-order chi connectivity index (χ1) is 17.0. The highest BCUT2D eigenvalue weighted by molar-refractivity contribution is 5.94. The van der Waals surface area contributed by atoms with E-state index in [-0.39, 0.29) is 23.8 Å². The van der Waals surface area contributed by atoms with Gasteiger partial charge in [-0.1, -0.05) is 40.7 Å². The van der Waals surface area contributed by atoms with Crippen molar-refractivity contribution in [2.45, 2.75) is 66.9 Å². The van der Waals surface area contributed by atoms with Gasteiger partial charge in [0.2, 0.25) is 0 Å². The van der Waals surface area contributed by atoms with Crippen LogP contribution >= 0.6 is 0 Å². The van der Waals surface area contributed by atoms with Crippen molar-refractivity contribution < 1.29 is 24.0 Å². The zero-order valence-corrected chi connectivity index (χ0v) is 22.4. The molecule has 9 nitrogen and oxygen atoms in total. The first-order valence-corrected chi connectivity index (χ1v) is 12.2. The molecule has 0 saturated heterocycles. The van der Waals surface area contributed by atoms with Gasteiger partial charge in [-0.15, -0.1) is 11.2 Å². The molecule has 0 atom stereocenters. The van der Waals surface area contributed by atoms with Gasteiger partial charge in [0, 0.05) is 11.1 Å². The van der Waals surface area contributed by atoms with E-state index in [1.165, 1.54) is 0 Å². The van der Waals surface area contributed by atoms with E-state index >= 15 is 0 Å². The second-order valence-electron chi connectivity index (χ2n) is 10.1. The van der Waals surface area contributed by atoms with Gasteiger partial charge >= 0.3 is 0 Å². The van der Waals surface area contributed by atoms with E-state index in [4.69, 9.17) is 14.4 Å². The number of nitrogens with one attached hydrogen (secondary N) is 4. The molecule has 0 aliphatic carbocycles. The van der Waals surface area contributed by atoms with E-state index < -0.39 is 0 Å². The zero-order chi connectivity index (χ0) is 26.7. The molecular formula is C27H40N4O5. The van der Waals surface area contributed by atoms with Crippen LogP contribution in [0.15, 0.2) is 36.4 Å². The summed E-state index contributed by atoms with van der Waals surface area (Å²) in [5, 5.41) is 0. The summed E-state index contributed by atoms with van der Waals surface area (Å²) in [6, 6.07) is 10.9. The average Bonchev–Trinajstić information content (AvgIpc) is 2.80. The van der Waals surface area contributed by atoms with E-state index in [0.717, 1.165) is 23.1 Å². The summed E-state index contributed by atoms with van der Waals surface area (Å²) in [5.74, 6) is 0.520. The Bertz CT molecular complexity index is 1020. The van der Waals surface area contributed by atoms with Gasteiger partial charge in [-0.3, -0.25) is 30.1 Å². The van der Waals surface area contributed by atoms with Crippen molar-refractivity contribution in [3.05, 3.63) is 64.2 Å². The molecule has 198 valence electrons. The molecule has 2 amide bonds. The number of hydrogen-bond donors (Lipinski definition) is 4. The highest BCUT2D eigenvalue weighted by Crippen LogP contribution is 2.25. The van der Waals surface area contributed by atoms with Crippen LogP contribution in [-0.4, -0.2) is 25.0 Å². The summed E-state index contributed by atoms with van der Waals surface area (Å²) >= 11 is 0. The molecule has 0 aromatic heterocycles. The number of carbonyl (C=O) groups excluding carboxylic acids is 2. The molecule has 2 rings (SSSR count). The van der Waals surface area contributed by atoms with Gasteiger partial charge in [0.25, 0.3) is 11.8 Å². The van der Waals surface area contributed by atoms with Crippen LogP contribution < -0.4 is 26.8 Å². The van der Waals surface area contributed by atoms with Gasteiger partial charge in [0.1, 0.15) is 5.75 Å². The predicted molar refractivity (Wildman–Crippen MR) is 139 cm³/mol. The number of rotatable bonds is 13. The van der Waals surface area contributed by atoms with E-state index in [9.17, 15) is 9.59 Å². The Balaban J connectivity index is 1.98. The molecule has 9 heteroatoms. The lowest BCUT2D eigenvalue weighted by Gasteiger charge is -2.21. The van der Waals surface area contributed by atoms with Crippen LogP contribution in [0.4, 0.5) is 0 Å². The van der Waals surface area contributed by atoms with Crippen LogP contribution in [-0.2, 0) is 21.7 Å². The third-order valence-corrected chi connectivity index (χ3v) is 5.25. The van der Waals surface area contributed by atoms with E-state index in [2.05, 4.69) is 56.6 Å². The van der Waals surface area contributed by atoms with Crippen LogP contribution in [0, 0.1) is 12.8 Å². The normalized spacial score (nSPS) is 11.4. The summed E-state index contributed by atoms with van der Waals surface area (Å²) in [5.41, 5.74) is 13.4. The van der Waals surface area contributed by atoms with E-state index in [1.54, 1.807) is 25.1 Å². The summed E-state index contributed by atoms with van der Waals surface area (Å²) in [7, 11) is 0. The molecule has 4 N–H and O–H groups in total. The number of benzene rings is 2. The van der Waals surface area contributed by atoms with Crippen molar-refractivity contribution in [2.24, 2.45) is 5.92 Å². The number of aryl methyl sites for hydroxylation is 1. The van der Waals surface area contributed by atoms with Gasteiger partial charge in [-0.25, -0.2) is 0 Å². The molecular weight excluding hydrogens is 460 g/mol. The Kier molecular flexibility index (Phi) is 11.3. The minimum absolute atomic E-state index is 0.126. The first-order valence-electron chi connectivity index (χ1n) is 12.2. The Labute approximate surface area is 214 Å². The van der Waals surface area contributed by atoms with Gasteiger partial charge in [0.05, 0.1) is 19.8 Å². The Morgan fingerprint density at radius 1 is 0.889 bits per heavy atom. The van der Waals surface area contributed by atoms with Crippen LogP contribution in [0.2, 0.25) is 0 Å². The fraction of sp³-hybridized carbons (Fsp3) is 0.481. The quantitative estimate of drug-likeness (QED) is 0.240. The zero-order valence-electron chi connectivity index (χ0n) is 22.4. The highest BCUT2D eigenvalue weighted by atomic mass is 16.7. The topological polar surface area (TPSA) is 110 Å². The van der Waals surface area contributed by atoms with Crippen molar-refractivity contribution in [1.82, 2.24) is 22.0 Å². The number of ether oxygens (including phenoxy) is 1. The Morgan fingerprint density at radius 3 is 2.14 bits per heavy atom. The lowest BCUT2D eigenvalue weighted by molar-refractivity contribution is 0.000570. The number of carbonyl (C=O) groups is 2. The first kappa shape index (κ1) is 29.3. The maximum absolute atomic E-state index is 12.6. The second-order valence-corrected chi connectivity index (χ2v) is 10.1. The minimum atomic E-state index is -0.349. The molecule has 36 heavy (non-hydrogen) atoms. The predicted octanol–water partition coefficient (Wildman–Crippen LogP) is 4.27. The van der Waals surface area contributed by atoms with Crippen LogP contribution in [0.1, 0.15) is 85.4 Å². The molecule has 2 aromatic rings. The second kappa shape index (κ2) is 13.9. The Hall–Kier alpha value is -2.98. The smallest absolute Gasteiger partial charge is 0.267 e. The number of amides is 2. The van der Waals surface area contributed by atoms with E-state index in [1.807, 2.05) is 25.1 Å². The fourth-order valence-corrected chi connectivity index (χ4v) is 3.22. The summed E-state index contributed by atoms with van der Waals surface area (Å²) in [6.45, 7) is 15.3. The van der Waals surface area contributed by atoms with Gasteiger partial charge in [-0.05, 0) is 78.6 Å². The molecule has 0 spiro atoms. The third-order valence-electron chi connectivity index (χ3n) is 5.25. The summed E-state index contributed by atoms with van der Waals surface area (Å²) in [6.07, 6.45) is 0.938. The highest BCUT2D eigenvalue weighted by Gasteiger charge is 2.18. The molecule has 0 aliphatic heterocycles. The lowest BCUT2D eigenvalue weighted by atomic mass is 9.85. The molecule has 0 fully saturated rings. The van der Waals surface area contributed by atoms with Crippen molar-refractivity contribution in [3.63, 3.8) is 0 Å². The maximum Gasteiger partial charge on any atom is 0.267 e. The standard InChI is InChI=1S/C27H40N4O5/c1-8-35-30-28-26(33)22-13-20(14-23(15-22)27(5,6)7)17-36-31-29-25(32)21-11-19(4)12-24(16-21)34-10-9-18(2)3/h11-16,18,30-31H,8-10,17H2,1-7H3,(H,28,33)(H,29,32). The SMILES string of the molecule is CCONNC(=O)c1cc(CONNC(=O)c2cc(C)cc(OCCC(C)C)c2)cc(C(C)(C)C)c1. The van der Waals surface area contributed by atoms with Crippen LogP contribution in [0.25, 0.3) is 0 Å². The number of hydrogen-bond acceptors (Lipinski definition) is 7. The molecule has 2 aromatic carbocycles.